The van der Waals surface area contributed by atoms with E-state index in [1.165, 1.54) is 5.69 Å². The van der Waals surface area contributed by atoms with Crippen molar-refractivity contribution in [3.05, 3.63) is 18.2 Å². The molecular weight excluding hydrogens is 226 g/mol. The number of hydrogen-bond acceptors (Lipinski definition) is 3. The Morgan fingerprint density at radius 3 is 2.56 bits per heavy atom. The van der Waals surface area contributed by atoms with Crippen LogP contribution in [0.2, 0.25) is 0 Å². The number of hydrogen-bond donors (Lipinski definition) is 1. The van der Waals surface area contributed by atoms with Gasteiger partial charge in [-0.2, -0.15) is 0 Å². The Kier molecular flexibility index (Phi) is 4.40. The number of aliphatic hydroxyl groups is 1. The Balaban J connectivity index is 1.90. The molecule has 2 heterocycles. The van der Waals surface area contributed by atoms with E-state index in [9.17, 15) is 5.11 Å². The van der Waals surface area contributed by atoms with Crippen molar-refractivity contribution in [2.24, 2.45) is 5.92 Å². The van der Waals surface area contributed by atoms with Gasteiger partial charge in [-0.1, -0.05) is 0 Å². The van der Waals surface area contributed by atoms with E-state index in [2.05, 4.69) is 28.3 Å². The van der Waals surface area contributed by atoms with Crippen molar-refractivity contribution in [1.29, 1.82) is 0 Å². The fraction of sp³-hybridized carbons (Fsp3) is 0.786. The quantitative estimate of drug-likeness (QED) is 0.890. The van der Waals surface area contributed by atoms with E-state index < -0.39 is 0 Å². The van der Waals surface area contributed by atoms with Crippen LogP contribution in [-0.2, 0) is 6.54 Å². The van der Waals surface area contributed by atoms with Crippen LogP contribution in [0.15, 0.2) is 12.5 Å². The molecule has 1 N–H and O–H groups in total. The van der Waals surface area contributed by atoms with Crippen molar-refractivity contribution in [3.8, 4) is 0 Å². The average molecular weight is 251 g/mol. The maximum atomic E-state index is 9.60. The second-order valence-electron chi connectivity index (χ2n) is 5.74. The molecule has 1 aromatic heterocycles. The van der Waals surface area contributed by atoms with E-state index in [1.54, 1.807) is 0 Å². The van der Waals surface area contributed by atoms with E-state index in [0.29, 0.717) is 12.0 Å². The van der Waals surface area contributed by atoms with Crippen molar-refractivity contribution >= 4 is 0 Å². The summed E-state index contributed by atoms with van der Waals surface area (Å²) in [6.07, 6.45) is 5.94. The second kappa shape index (κ2) is 5.85. The van der Waals surface area contributed by atoms with Gasteiger partial charge in [0.05, 0.1) is 18.1 Å². The number of likely N-dealkylation sites (tertiary alicyclic amines) is 1. The SMILES string of the molecule is CC(O)C1CCN(Cc2cncn2C(C)C)CC1. The Labute approximate surface area is 110 Å². The van der Waals surface area contributed by atoms with Crippen LogP contribution in [0.1, 0.15) is 45.3 Å². The minimum Gasteiger partial charge on any atom is -0.393 e. The highest BCUT2D eigenvalue weighted by Gasteiger charge is 2.23. The minimum atomic E-state index is -0.159. The van der Waals surface area contributed by atoms with Crippen molar-refractivity contribution in [1.82, 2.24) is 14.5 Å². The molecule has 1 aliphatic heterocycles. The second-order valence-corrected chi connectivity index (χ2v) is 5.74. The lowest BCUT2D eigenvalue weighted by Gasteiger charge is -2.33. The third-order valence-corrected chi connectivity index (χ3v) is 4.00. The van der Waals surface area contributed by atoms with Crippen LogP contribution >= 0.6 is 0 Å². The standard InChI is InChI=1S/C14H25N3O/c1-11(2)17-10-15-8-14(17)9-16-6-4-13(5-7-16)12(3)18/h8,10-13,18H,4-7,9H2,1-3H3. The largest absolute Gasteiger partial charge is 0.393 e. The zero-order valence-electron chi connectivity index (χ0n) is 11.7. The molecule has 18 heavy (non-hydrogen) atoms. The van der Waals surface area contributed by atoms with Crippen LogP contribution in [-0.4, -0.2) is 38.8 Å². The third-order valence-electron chi connectivity index (χ3n) is 4.00. The van der Waals surface area contributed by atoms with Gasteiger partial charge in [0.1, 0.15) is 0 Å². The summed E-state index contributed by atoms with van der Waals surface area (Å²) in [5.74, 6) is 0.483. The molecule has 1 unspecified atom stereocenters. The highest BCUT2D eigenvalue weighted by Crippen LogP contribution is 2.22. The Hall–Kier alpha value is -0.870. The van der Waals surface area contributed by atoms with E-state index in [-0.39, 0.29) is 6.10 Å². The molecule has 2 rings (SSSR count). The first-order valence-electron chi connectivity index (χ1n) is 6.99. The van der Waals surface area contributed by atoms with Crippen LogP contribution in [0.4, 0.5) is 0 Å². The predicted molar refractivity (Wildman–Crippen MR) is 72.3 cm³/mol. The number of aromatic nitrogens is 2. The van der Waals surface area contributed by atoms with Crippen molar-refractivity contribution < 1.29 is 5.11 Å². The van der Waals surface area contributed by atoms with Gasteiger partial charge in [-0.3, -0.25) is 4.90 Å². The lowest BCUT2D eigenvalue weighted by Crippen LogP contribution is -2.37. The molecule has 0 bridgehead atoms. The van der Waals surface area contributed by atoms with Gasteiger partial charge in [-0.15, -0.1) is 0 Å². The smallest absolute Gasteiger partial charge is 0.0951 e. The van der Waals surface area contributed by atoms with Gasteiger partial charge in [0.25, 0.3) is 0 Å². The van der Waals surface area contributed by atoms with Crippen LogP contribution in [0.5, 0.6) is 0 Å². The molecule has 1 aliphatic rings. The first-order valence-corrected chi connectivity index (χ1v) is 6.99. The van der Waals surface area contributed by atoms with Gasteiger partial charge in [0.15, 0.2) is 0 Å². The first kappa shape index (κ1) is 13.6. The summed E-state index contributed by atoms with van der Waals surface area (Å²) in [7, 11) is 0. The summed E-state index contributed by atoms with van der Waals surface area (Å²) in [6.45, 7) is 9.42. The number of nitrogens with zero attached hydrogens (tertiary/aromatic N) is 3. The number of imidazole rings is 1. The van der Waals surface area contributed by atoms with Gasteiger partial charge >= 0.3 is 0 Å². The maximum absolute atomic E-state index is 9.60. The molecule has 4 heteroatoms. The number of aliphatic hydroxyl groups excluding tert-OH is 1. The number of piperidine rings is 1. The molecule has 4 nitrogen and oxygen atoms in total. The minimum absolute atomic E-state index is 0.159. The summed E-state index contributed by atoms with van der Waals surface area (Å²) in [5, 5.41) is 9.60. The summed E-state index contributed by atoms with van der Waals surface area (Å²) in [5.41, 5.74) is 1.29. The maximum Gasteiger partial charge on any atom is 0.0951 e. The molecule has 0 aromatic carbocycles. The van der Waals surface area contributed by atoms with Crippen molar-refractivity contribution in [2.45, 2.75) is 52.3 Å². The molecular formula is C14H25N3O. The molecule has 1 fully saturated rings. The van der Waals surface area contributed by atoms with Gasteiger partial charge in [0.2, 0.25) is 0 Å². The van der Waals surface area contributed by atoms with E-state index in [0.717, 1.165) is 32.5 Å². The highest BCUT2D eigenvalue weighted by atomic mass is 16.3. The fourth-order valence-electron chi connectivity index (χ4n) is 2.74. The Bertz CT molecular complexity index is 365. The average Bonchev–Trinajstić information content (AvgIpc) is 2.78. The summed E-state index contributed by atoms with van der Waals surface area (Å²) in [4.78, 5) is 6.72. The van der Waals surface area contributed by atoms with Gasteiger partial charge in [-0.25, -0.2) is 4.98 Å². The zero-order chi connectivity index (χ0) is 13.1. The van der Waals surface area contributed by atoms with E-state index in [1.807, 2.05) is 19.4 Å². The molecule has 0 saturated carbocycles. The summed E-state index contributed by atoms with van der Waals surface area (Å²) >= 11 is 0. The predicted octanol–water partition coefficient (Wildman–Crippen LogP) is 2.06. The summed E-state index contributed by atoms with van der Waals surface area (Å²) < 4.78 is 2.24. The fourth-order valence-corrected chi connectivity index (χ4v) is 2.74. The molecule has 0 aliphatic carbocycles. The molecule has 102 valence electrons. The van der Waals surface area contributed by atoms with Crippen LogP contribution in [0.25, 0.3) is 0 Å². The topological polar surface area (TPSA) is 41.3 Å². The Morgan fingerprint density at radius 1 is 1.33 bits per heavy atom. The molecule has 0 spiro atoms. The van der Waals surface area contributed by atoms with Gasteiger partial charge < -0.3 is 9.67 Å². The lowest BCUT2D eigenvalue weighted by molar-refractivity contribution is 0.0687. The van der Waals surface area contributed by atoms with Crippen LogP contribution in [0.3, 0.4) is 0 Å². The molecule has 0 amide bonds. The Morgan fingerprint density at radius 2 is 2.00 bits per heavy atom. The normalized spacial score (nSPS) is 20.5. The monoisotopic (exact) mass is 251 g/mol. The van der Waals surface area contributed by atoms with Gasteiger partial charge in [0, 0.05) is 18.8 Å². The zero-order valence-corrected chi connectivity index (χ0v) is 11.7. The number of rotatable bonds is 4. The molecule has 0 radical (unpaired) electrons. The van der Waals surface area contributed by atoms with Crippen molar-refractivity contribution in [2.75, 3.05) is 13.1 Å². The first-order chi connectivity index (χ1) is 8.58. The summed E-state index contributed by atoms with van der Waals surface area (Å²) in [6, 6.07) is 0.470. The van der Waals surface area contributed by atoms with E-state index >= 15 is 0 Å². The molecule has 1 saturated heterocycles. The van der Waals surface area contributed by atoms with Crippen LogP contribution < -0.4 is 0 Å². The van der Waals surface area contributed by atoms with E-state index in [4.69, 9.17) is 0 Å². The third kappa shape index (κ3) is 3.12. The van der Waals surface area contributed by atoms with Gasteiger partial charge in [-0.05, 0) is 52.6 Å². The lowest BCUT2D eigenvalue weighted by atomic mass is 9.92. The highest BCUT2D eigenvalue weighted by molar-refractivity contribution is 5.00. The van der Waals surface area contributed by atoms with Crippen LogP contribution in [0, 0.1) is 5.92 Å². The molecule has 1 aromatic rings. The molecule has 1 atom stereocenters. The van der Waals surface area contributed by atoms with Crippen molar-refractivity contribution in [3.63, 3.8) is 0 Å².